The van der Waals surface area contributed by atoms with E-state index in [1.807, 2.05) is 0 Å². The van der Waals surface area contributed by atoms with E-state index in [2.05, 4.69) is 0 Å². The Hall–Kier alpha value is -1.52. The first-order chi connectivity index (χ1) is 7.99. The van der Waals surface area contributed by atoms with E-state index in [-0.39, 0.29) is 5.56 Å². The summed E-state index contributed by atoms with van der Waals surface area (Å²) in [6.07, 6.45) is 2.15. The Labute approximate surface area is 97.0 Å². The van der Waals surface area contributed by atoms with Gasteiger partial charge in [0.2, 0.25) is 0 Å². The van der Waals surface area contributed by atoms with Crippen LogP contribution >= 0.6 is 0 Å². The molecule has 0 aromatic heterocycles. The molecule has 0 N–H and O–H groups in total. The summed E-state index contributed by atoms with van der Waals surface area (Å²) in [4.78, 5) is 13.2. The lowest BCUT2D eigenvalue weighted by Crippen LogP contribution is -2.29. The summed E-state index contributed by atoms with van der Waals surface area (Å²) in [5.41, 5.74) is -0.162. The quantitative estimate of drug-likeness (QED) is 0.747. The molecule has 2 rings (SSSR count). The lowest BCUT2D eigenvalue weighted by atomic mass is 10.1. The van der Waals surface area contributed by atoms with Gasteiger partial charge in [-0.2, -0.15) is 0 Å². The number of hydrogen-bond donors (Lipinski definition) is 0. The van der Waals surface area contributed by atoms with Crippen LogP contribution in [0.25, 0.3) is 0 Å². The number of amides is 1. The third-order valence-corrected chi connectivity index (χ3v) is 2.81. The number of nitrogens with zero attached hydrogens (tertiary/aromatic N) is 1. The average Bonchev–Trinajstić information content (AvgIpc) is 3.07. The Balaban J connectivity index is 2.17. The zero-order valence-corrected chi connectivity index (χ0v) is 9.34. The van der Waals surface area contributed by atoms with E-state index in [9.17, 15) is 18.0 Å². The number of halogens is 3. The summed E-state index contributed by atoms with van der Waals surface area (Å²) >= 11 is 0. The van der Waals surface area contributed by atoms with Crippen LogP contribution in [-0.4, -0.2) is 24.4 Å². The van der Waals surface area contributed by atoms with E-state index < -0.39 is 23.4 Å². The van der Waals surface area contributed by atoms with Crippen LogP contribution in [0.3, 0.4) is 0 Å². The first-order valence-electron chi connectivity index (χ1n) is 5.39. The molecule has 0 radical (unpaired) electrons. The second-order valence-corrected chi connectivity index (χ2v) is 4.38. The van der Waals surface area contributed by atoms with E-state index in [1.165, 1.54) is 4.90 Å². The Kier molecular flexibility index (Phi) is 3.09. The molecule has 0 heterocycles. The van der Waals surface area contributed by atoms with Gasteiger partial charge in [-0.3, -0.25) is 4.79 Å². The van der Waals surface area contributed by atoms with Crippen molar-refractivity contribution in [2.24, 2.45) is 5.92 Å². The highest BCUT2D eigenvalue weighted by molar-refractivity contribution is 5.94. The van der Waals surface area contributed by atoms with Gasteiger partial charge in [0.1, 0.15) is 0 Å². The van der Waals surface area contributed by atoms with Crippen LogP contribution in [0.1, 0.15) is 23.2 Å². The Bertz CT molecular complexity index is 434. The predicted molar refractivity (Wildman–Crippen MR) is 56.0 cm³/mol. The maximum Gasteiger partial charge on any atom is 0.253 e. The zero-order chi connectivity index (χ0) is 12.6. The second kappa shape index (κ2) is 4.39. The predicted octanol–water partition coefficient (Wildman–Crippen LogP) is 2.59. The summed E-state index contributed by atoms with van der Waals surface area (Å²) in [6, 6.07) is 1.45. The van der Waals surface area contributed by atoms with E-state index in [0.717, 1.165) is 25.0 Å². The van der Waals surface area contributed by atoms with Crippen molar-refractivity contribution in [2.45, 2.75) is 12.8 Å². The summed E-state index contributed by atoms with van der Waals surface area (Å²) < 4.78 is 38.6. The van der Waals surface area contributed by atoms with Crippen LogP contribution < -0.4 is 0 Å². The van der Waals surface area contributed by atoms with Gasteiger partial charge in [-0.25, -0.2) is 13.2 Å². The molecule has 1 aromatic rings. The third-order valence-electron chi connectivity index (χ3n) is 2.81. The zero-order valence-electron chi connectivity index (χ0n) is 9.34. The lowest BCUT2D eigenvalue weighted by Gasteiger charge is -2.16. The van der Waals surface area contributed by atoms with Crippen LogP contribution in [0, 0.1) is 23.4 Å². The van der Waals surface area contributed by atoms with Crippen molar-refractivity contribution in [1.29, 1.82) is 0 Å². The van der Waals surface area contributed by atoms with Gasteiger partial charge >= 0.3 is 0 Å². The maximum atomic E-state index is 13.0. The molecule has 0 aliphatic heterocycles. The standard InChI is InChI=1S/C12H12F3NO/c1-16(6-7-2-3-7)12(17)8-4-9(13)11(15)10(14)5-8/h4-5,7H,2-3,6H2,1H3. The number of carbonyl (C=O) groups is 1. The largest absolute Gasteiger partial charge is 0.341 e. The Morgan fingerprint density at radius 1 is 1.29 bits per heavy atom. The van der Waals surface area contributed by atoms with Gasteiger partial charge < -0.3 is 4.90 Å². The molecule has 1 aliphatic carbocycles. The molecule has 1 fully saturated rings. The van der Waals surface area contributed by atoms with Crippen molar-refractivity contribution in [3.8, 4) is 0 Å². The second-order valence-electron chi connectivity index (χ2n) is 4.38. The number of rotatable bonds is 3. The summed E-state index contributed by atoms with van der Waals surface area (Å²) in [5, 5.41) is 0. The fourth-order valence-electron chi connectivity index (χ4n) is 1.67. The lowest BCUT2D eigenvalue weighted by molar-refractivity contribution is 0.0787. The van der Waals surface area contributed by atoms with E-state index in [0.29, 0.717) is 12.5 Å². The molecule has 92 valence electrons. The number of hydrogen-bond acceptors (Lipinski definition) is 1. The third kappa shape index (κ3) is 2.60. The van der Waals surface area contributed by atoms with Crippen molar-refractivity contribution < 1.29 is 18.0 Å². The molecule has 2 nitrogen and oxygen atoms in total. The van der Waals surface area contributed by atoms with E-state index >= 15 is 0 Å². The molecule has 17 heavy (non-hydrogen) atoms. The summed E-state index contributed by atoms with van der Waals surface area (Å²) in [6.45, 7) is 0.569. The first-order valence-corrected chi connectivity index (χ1v) is 5.39. The molecular formula is C12H12F3NO. The molecule has 0 spiro atoms. The van der Waals surface area contributed by atoms with Gasteiger partial charge in [-0.15, -0.1) is 0 Å². The van der Waals surface area contributed by atoms with Crippen LogP contribution in [0.4, 0.5) is 13.2 Å². The van der Waals surface area contributed by atoms with E-state index in [1.54, 1.807) is 7.05 Å². The molecule has 1 amide bonds. The van der Waals surface area contributed by atoms with Crippen molar-refractivity contribution in [3.05, 3.63) is 35.1 Å². The molecule has 5 heteroatoms. The number of carbonyl (C=O) groups excluding carboxylic acids is 1. The van der Waals surface area contributed by atoms with Crippen molar-refractivity contribution in [1.82, 2.24) is 4.90 Å². The molecule has 1 aliphatic rings. The molecule has 0 atom stereocenters. The first kappa shape index (κ1) is 12.0. The summed E-state index contributed by atoms with van der Waals surface area (Å²) in [7, 11) is 1.57. The molecule has 1 aromatic carbocycles. The summed E-state index contributed by atoms with van der Waals surface area (Å²) in [5.74, 6) is -4.23. The minimum absolute atomic E-state index is 0.162. The highest BCUT2D eigenvalue weighted by atomic mass is 19.2. The molecule has 0 saturated heterocycles. The van der Waals surface area contributed by atoms with Gasteiger partial charge in [0.25, 0.3) is 5.91 Å². The minimum atomic E-state index is -1.55. The fraction of sp³-hybridized carbons (Fsp3) is 0.417. The van der Waals surface area contributed by atoms with Crippen LogP contribution in [-0.2, 0) is 0 Å². The highest BCUT2D eigenvalue weighted by Crippen LogP contribution is 2.29. The smallest absolute Gasteiger partial charge is 0.253 e. The average molecular weight is 243 g/mol. The maximum absolute atomic E-state index is 13.0. The van der Waals surface area contributed by atoms with Gasteiger partial charge in [0.15, 0.2) is 17.5 Å². The van der Waals surface area contributed by atoms with Gasteiger partial charge in [0, 0.05) is 19.2 Å². The Morgan fingerprint density at radius 3 is 2.29 bits per heavy atom. The molecular weight excluding hydrogens is 231 g/mol. The SMILES string of the molecule is CN(CC1CC1)C(=O)c1cc(F)c(F)c(F)c1. The van der Waals surface area contributed by atoms with Crippen molar-refractivity contribution >= 4 is 5.91 Å². The normalized spacial score (nSPS) is 14.8. The van der Waals surface area contributed by atoms with Gasteiger partial charge in [0.05, 0.1) is 0 Å². The topological polar surface area (TPSA) is 20.3 Å². The van der Waals surface area contributed by atoms with Crippen LogP contribution in [0.2, 0.25) is 0 Å². The minimum Gasteiger partial charge on any atom is -0.341 e. The van der Waals surface area contributed by atoms with Crippen molar-refractivity contribution in [3.63, 3.8) is 0 Å². The Morgan fingerprint density at radius 2 is 1.82 bits per heavy atom. The van der Waals surface area contributed by atoms with Gasteiger partial charge in [-0.1, -0.05) is 0 Å². The molecule has 0 unspecified atom stereocenters. The van der Waals surface area contributed by atoms with E-state index in [4.69, 9.17) is 0 Å². The van der Waals surface area contributed by atoms with Crippen LogP contribution in [0.15, 0.2) is 12.1 Å². The molecule has 1 saturated carbocycles. The monoisotopic (exact) mass is 243 g/mol. The fourth-order valence-corrected chi connectivity index (χ4v) is 1.67. The molecule has 0 bridgehead atoms. The highest BCUT2D eigenvalue weighted by Gasteiger charge is 2.26. The van der Waals surface area contributed by atoms with Crippen molar-refractivity contribution in [2.75, 3.05) is 13.6 Å². The van der Waals surface area contributed by atoms with Crippen LogP contribution in [0.5, 0.6) is 0 Å². The number of benzene rings is 1. The van der Waals surface area contributed by atoms with Gasteiger partial charge in [-0.05, 0) is 30.9 Å².